The Balaban J connectivity index is 0. The molecule has 0 aromatic carbocycles. The molecule has 64 valence electrons. The van der Waals surface area contributed by atoms with Crippen LogP contribution in [-0.2, 0) is 0 Å². The maximum atomic E-state index is 3.37. The number of likely N-dealkylation sites (tertiary alicyclic amines) is 1. The second-order valence-electron chi connectivity index (χ2n) is 2.48. The van der Waals surface area contributed by atoms with Crippen LogP contribution in [-0.4, -0.2) is 37.6 Å². The summed E-state index contributed by atoms with van der Waals surface area (Å²) in [6, 6.07) is 0.782. The number of rotatable bonds is 2. The first-order valence-corrected chi connectivity index (χ1v) is 3.25. The van der Waals surface area contributed by atoms with Gasteiger partial charge >= 0.3 is 0 Å². The molecule has 1 saturated heterocycles. The maximum absolute atomic E-state index is 3.37. The molecule has 0 spiro atoms. The summed E-state index contributed by atoms with van der Waals surface area (Å²) in [4.78, 5) is 2.31. The first kappa shape index (κ1) is 13.1. The summed E-state index contributed by atoms with van der Waals surface area (Å²) in [5.41, 5.74) is 0. The number of halogens is 2. The van der Waals surface area contributed by atoms with E-state index in [0.29, 0.717) is 0 Å². The summed E-state index contributed by atoms with van der Waals surface area (Å²) in [5, 5.41) is 3.37. The van der Waals surface area contributed by atoms with Crippen molar-refractivity contribution >= 4 is 24.8 Å². The van der Waals surface area contributed by atoms with E-state index in [-0.39, 0.29) is 24.8 Å². The molecule has 1 aliphatic heterocycles. The van der Waals surface area contributed by atoms with Crippen LogP contribution in [0.4, 0.5) is 0 Å². The summed E-state index contributed by atoms with van der Waals surface area (Å²) in [5.74, 6) is 0. The van der Waals surface area contributed by atoms with Gasteiger partial charge in [0.2, 0.25) is 0 Å². The molecule has 0 bridgehead atoms. The Morgan fingerprint density at radius 3 is 2.20 bits per heavy atom. The van der Waals surface area contributed by atoms with Crippen molar-refractivity contribution in [3.63, 3.8) is 0 Å². The average molecular weight is 187 g/mol. The Morgan fingerprint density at radius 1 is 1.40 bits per heavy atom. The zero-order chi connectivity index (χ0) is 5.98. The van der Waals surface area contributed by atoms with Crippen LogP contribution in [0.2, 0.25) is 0 Å². The minimum atomic E-state index is 0. The van der Waals surface area contributed by atoms with E-state index in [1.165, 1.54) is 13.1 Å². The fourth-order valence-electron chi connectivity index (χ4n) is 1.12. The van der Waals surface area contributed by atoms with Crippen molar-refractivity contribution in [1.82, 2.24) is 10.2 Å². The van der Waals surface area contributed by atoms with E-state index in [4.69, 9.17) is 0 Å². The Bertz CT molecular complexity index is 71.4. The summed E-state index contributed by atoms with van der Waals surface area (Å²) in [6.07, 6.45) is 0. The van der Waals surface area contributed by atoms with Crippen LogP contribution in [0.5, 0.6) is 0 Å². The van der Waals surface area contributed by atoms with Gasteiger partial charge < -0.3 is 10.2 Å². The molecule has 1 rings (SSSR count). The van der Waals surface area contributed by atoms with Crippen LogP contribution in [0.1, 0.15) is 6.92 Å². The van der Waals surface area contributed by atoms with Crippen molar-refractivity contribution in [2.75, 3.05) is 26.7 Å². The van der Waals surface area contributed by atoms with Crippen molar-refractivity contribution in [2.24, 2.45) is 0 Å². The predicted molar refractivity (Wildman–Crippen MR) is 49.5 cm³/mol. The number of hydrogen-bond acceptors (Lipinski definition) is 2. The third-order valence-corrected chi connectivity index (χ3v) is 1.56. The molecule has 0 aliphatic carbocycles. The molecule has 0 radical (unpaired) electrons. The largest absolute Gasteiger partial charge is 0.312 e. The van der Waals surface area contributed by atoms with Gasteiger partial charge in [0.05, 0.1) is 0 Å². The summed E-state index contributed by atoms with van der Waals surface area (Å²) >= 11 is 0. The van der Waals surface area contributed by atoms with Gasteiger partial charge in [-0.2, -0.15) is 0 Å². The van der Waals surface area contributed by atoms with Gasteiger partial charge in [0.25, 0.3) is 0 Å². The summed E-state index contributed by atoms with van der Waals surface area (Å²) in [7, 11) is 2.15. The zero-order valence-corrected chi connectivity index (χ0v) is 8.10. The van der Waals surface area contributed by atoms with Gasteiger partial charge in [-0.25, -0.2) is 0 Å². The van der Waals surface area contributed by atoms with Gasteiger partial charge in [-0.15, -0.1) is 24.8 Å². The lowest BCUT2D eigenvalue weighted by Gasteiger charge is -2.36. The number of likely N-dealkylation sites (N-methyl/N-ethyl adjacent to an activating group) is 2. The SMILES string of the molecule is CCNC1CN(C)C1.Cl.Cl. The molecule has 1 aliphatic rings. The monoisotopic (exact) mass is 186 g/mol. The fraction of sp³-hybridized carbons (Fsp3) is 1.00. The highest BCUT2D eigenvalue weighted by Crippen LogP contribution is 2.01. The molecule has 0 aromatic heterocycles. The fourth-order valence-corrected chi connectivity index (χ4v) is 1.12. The van der Waals surface area contributed by atoms with Gasteiger partial charge in [-0.3, -0.25) is 0 Å². The highest BCUT2D eigenvalue weighted by atomic mass is 35.5. The quantitative estimate of drug-likeness (QED) is 0.686. The molecule has 1 heterocycles. The lowest BCUT2D eigenvalue weighted by molar-refractivity contribution is 0.164. The average Bonchev–Trinajstić information content (AvgIpc) is 1.64. The zero-order valence-electron chi connectivity index (χ0n) is 6.46. The van der Waals surface area contributed by atoms with E-state index in [0.717, 1.165) is 12.6 Å². The molecule has 0 unspecified atom stereocenters. The minimum Gasteiger partial charge on any atom is -0.312 e. The molecule has 0 amide bonds. The van der Waals surface area contributed by atoms with Crippen LogP contribution >= 0.6 is 24.8 Å². The first-order chi connectivity index (χ1) is 3.83. The minimum absolute atomic E-state index is 0. The van der Waals surface area contributed by atoms with Crippen molar-refractivity contribution in [3.8, 4) is 0 Å². The second-order valence-corrected chi connectivity index (χ2v) is 2.48. The topological polar surface area (TPSA) is 15.3 Å². The van der Waals surface area contributed by atoms with Crippen LogP contribution in [0.25, 0.3) is 0 Å². The summed E-state index contributed by atoms with van der Waals surface area (Å²) < 4.78 is 0. The Hall–Kier alpha value is 0.500. The third kappa shape index (κ3) is 3.62. The molecule has 0 atom stereocenters. The molecule has 0 aromatic rings. The second kappa shape index (κ2) is 6.23. The number of nitrogens with zero attached hydrogens (tertiary/aromatic N) is 1. The molecule has 0 saturated carbocycles. The molecular formula is C6H16Cl2N2. The standard InChI is InChI=1S/C6H14N2.2ClH/c1-3-7-6-4-8(2)5-6;;/h6-7H,3-5H2,1-2H3;2*1H. The van der Waals surface area contributed by atoms with Crippen molar-refractivity contribution in [3.05, 3.63) is 0 Å². The Kier molecular flexibility index (Phi) is 8.17. The molecule has 4 heteroatoms. The number of hydrogen-bond donors (Lipinski definition) is 1. The van der Waals surface area contributed by atoms with Gasteiger partial charge in [-0.05, 0) is 13.6 Å². The third-order valence-electron chi connectivity index (χ3n) is 1.56. The van der Waals surface area contributed by atoms with Gasteiger partial charge in [0.15, 0.2) is 0 Å². The highest BCUT2D eigenvalue weighted by Gasteiger charge is 2.20. The lowest BCUT2D eigenvalue weighted by atomic mass is 10.1. The van der Waals surface area contributed by atoms with E-state index >= 15 is 0 Å². The molecule has 1 fully saturated rings. The molecular weight excluding hydrogens is 171 g/mol. The molecule has 10 heavy (non-hydrogen) atoms. The lowest BCUT2D eigenvalue weighted by Crippen LogP contribution is -2.55. The van der Waals surface area contributed by atoms with E-state index in [1.54, 1.807) is 0 Å². The van der Waals surface area contributed by atoms with Gasteiger partial charge in [0.1, 0.15) is 0 Å². The molecule has 1 N–H and O–H groups in total. The predicted octanol–water partition coefficient (Wildman–Crippen LogP) is 0.753. The van der Waals surface area contributed by atoms with Crippen LogP contribution in [0, 0.1) is 0 Å². The smallest absolute Gasteiger partial charge is 0.0322 e. The van der Waals surface area contributed by atoms with E-state index in [9.17, 15) is 0 Å². The van der Waals surface area contributed by atoms with Crippen LogP contribution in [0.15, 0.2) is 0 Å². The Labute approximate surface area is 75.2 Å². The van der Waals surface area contributed by atoms with Crippen molar-refractivity contribution in [1.29, 1.82) is 0 Å². The van der Waals surface area contributed by atoms with Gasteiger partial charge in [0, 0.05) is 19.1 Å². The van der Waals surface area contributed by atoms with E-state index in [2.05, 4.69) is 24.2 Å². The number of nitrogens with one attached hydrogen (secondary N) is 1. The van der Waals surface area contributed by atoms with Crippen LogP contribution < -0.4 is 5.32 Å². The van der Waals surface area contributed by atoms with Crippen LogP contribution in [0.3, 0.4) is 0 Å². The highest BCUT2D eigenvalue weighted by molar-refractivity contribution is 5.85. The van der Waals surface area contributed by atoms with Gasteiger partial charge in [-0.1, -0.05) is 6.92 Å². The first-order valence-electron chi connectivity index (χ1n) is 3.25. The normalized spacial score (nSPS) is 18.6. The van der Waals surface area contributed by atoms with E-state index in [1.807, 2.05) is 0 Å². The maximum Gasteiger partial charge on any atom is 0.0322 e. The van der Waals surface area contributed by atoms with Crippen molar-refractivity contribution in [2.45, 2.75) is 13.0 Å². The van der Waals surface area contributed by atoms with Crippen molar-refractivity contribution < 1.29 is 0 Å². The summed E-state index contributed by atoms with van der Waals surface area (Å²) in [6.45, 7) is 5.72. The van der Waals surface area contributed by atoms with E-state index < -0.39 is 0 Å². The Morgan fingerprint density at radius 2 is 1.90 bits per heavy atom. The molecule has 2 nitrogen and oxygen atoms in total.